The van der Waals surface area contributed by atoms with E-state index in [2.05, 4.69) is 18.7 Å². The standard InChI is InChI=1S/C21H30N4O5/c1-6-24(7-2)19-14-12-15(28-3)17(29-4)18(30-5)16(14)22-21(23-19)25-10-8-13(9-11-25)20(26)27/h12-13H,6-11H2,1-5H3,(H,26,27). The third-order valence-corrected chi connectivity index (χ3v) is 5.65. The summed E-state index contributed by atoms with van der Waals surface area (Å²) in [5.74, 6) is 1.82. The lowest BCUT2D eigenvalue weighted by Gasteiger charge is -2.31. The fourth-order valence-electron chi connectivity index (χ4n) is 3.93. The molecular weight excluding hydrogens is 388 g/mol. The number of nitrogens with zero attached hydrogens (tertiary/aromatic N) is 4. The van der Waals surface area contributed by atoms with E-state index in [9.17, 15) is 9.90 Å². The minimum Gasteiger partial charge on any atom is -0.493 e. The molecule has 0 unspecified atom stereocenters. The van der Waals surface area contributed by atoms with Crippen molar-refractivity contribution in [2.24, 2.45) is 5.92 Å². The van der Waals surface area contributed by atoms with Gasteiger partial charge >= 0.3 is 5.97 Å². The molecule has 0 bridgehead atoms. The molecule has 1 aromatic carbocycles. The predicted octanol–water partition coefficient (Wildman–Crippen LogP) is 2.80. The second kappa shape index (κ2) is 9.23. The smallest absolute Gasteiger partial charge is 0.306 e. The van der Waals surface area contributed by atoms with E-state index in [0.717, 1.165) is 24.3 Å². The van der Waals surface area contributed by atoms with Gasteiger partial charge in [-0.05, 0) is 32.8 Å². The monoisotopic (exact) mass is 418 g/mol. The van der Waals surface area contributed by atoms with E-state index in [1.54, 1.807) is 21.3 Å². The summed E-state index contributed by atoms with van der Waals surface area (Å²) in [6, 6.07) is 1.88. The Bertz CT molecular complexity index is 908. The Balaban J connectivity index is 2.19. The molecule has 9 nitrogen and oxygen atoms in total. The Labute approximate surface area is 176 Å². The van der Waals surface area contributed by atoms with Crippen LogP contribution >= 0.6 is 0 Å². The zero-order valence-corrected chi connectivity index (χ0v) is 18.3. The molecule has 164 valence electrons. The maximum atomic E-state index is 11.3. The first kappa shape index (κ1) is 21.7. The number of methoxy groups -OCH3 is 3. The zero-order chi connectivity index (χ0) is 21.8. The first-order valence-electron chi connectivity index (χ1n) is 10.2. The SMILES string of the molecule is CCN(CC)c1nc(N2CCC(C(=O)O)CC2)nc2c(OC)c(OC)c(OC)cc12. The number of aromatic nitrogens is 2. The van der Waals surface area contributed by atoms with Gasteiger partial charge in [-0.25, -0.2) is 4.98 Å². The van der Waals surface area contributed by atoms with Gasteiger partial charge in [0.05, 0.1) is 32.6 Å². The zero-order valence-electron chi connectivity index (χ0n) is 18.3. The molecule has 0 amide bonds. The molecule has 1 N–H and O–H groups in total. The Kier molecular flexibility index (Phi) is 6.69. The van der Waals surface area contributed by atoms with E-state index >= 15 is 0 Å². The number of aliphatic carboxylic acids is 1. The maximum Gasteiger partial charge on any atom is 0.306 e. The largest absolute Gasteiger partial charge is 0.493 e. The van der Waals surface area contributed by atoms with Crippen LogP contribution in [-0.2, 0) is 4.79 Å². The van der Waals surface area contributed by atoms with Crippen LogP contribution in [0.5, 0.6) is 17.2 Å². The molecule has 0 atom stereocenters. The van der Waals surface area contributed by atoms with Crippen molar-refractivity contribution in [3.63, 3.8) is 0 Å². The van der Waals surface area contributed by atoms with Gasteiger partial charge in [-0.1, -0.05) is 0 Å². The highest BCUT2D eigenvalue weighted by Gasteiger charge is 2.28. The van der Waals surface area contributed by atoms with Crippen LogP contribution in [0, 0.1) is 5.92 Å². The second-order valence-electron chi connectivity index (χ2n) is 7.16. The van der Waals surface area contributed by atoms with Gasteiger partial charge in [0.15, 0.2) is 11.5 Å². The van der Waals surface area contributed by atoms with Gasteiger partial charge in [0.2, 0.25) is 11.7 Å². The summed E-state index contributed by atoms with van der Waals surface area (Å²) in [7, 11) is 4.73. The van der Waals surface area contributed by atoms with Gasteiger partial charge in [0.25, 0.3) is 0 Å². The number of benzene rings is 1. The van der Waals surface area contributed by atoms with E-state index < -0.39 is 5.97 Å². The summed E-state index contributed by atoms with van der Waals surface area (Å²) in [6.45, 7) is 6.89. The summed E-state index contributed by atoms with van der Waals surface area (Å²) in [4.78, 5) is 25.2. The van der Waals surface area contributed by atoms with Crippen molar-refractivity contribution in [3.05, 3.63) is 6.07 Å². The van der Waals surface area contributed by atoms with Gasteiger partial charge in [0, 0.05) is 26.2 Å². The topological polar surface area (TPSA) is 97.3 Å². The average Bonchev–Trinajstić information content (AvgIpc) is 2.78. The minimum atomic E-state index is -0.739. The summed E-state index contributed by atoms with van der Waals surface area (Å²) in [5, 5.41) is 10.1. The van der Waals surface area contributed by atoms with Gasteiger partial charge in [-0.3, -0.25) is 4.79 Å². The van der Waals surface area contributed by atoms with E-state index in [0.29, 0.717) is 54.6 Å². The number of carbonyl (C=O) groups is 1. The van der Waals surface area contributed by atoms with Gasteiger partial charge < -0.3 is 29.1 Å². The molecule has 0 radical (unpaired) electrons. The lowest BCUT2D eigenvalue weighted by atomic mass is 9.97. The van der Waals surface area contributed by atoms with Crippen LogP contribution in [0.3, 0.4) is 0 Å². The minimum absolute atomic E-state index is 0.317. The van der Waals surface area contributed by atoms with E-state index in [-0.39, 0.29) is 5.92 Å². The lowest BCUT2D eigenvalue weighted by molar-refractivity contribution is -0.142. The van der Waals surface area contributed by atoms with Crippen LogP contribution in [0.4, 0.5) is 11.8 Å². The number of piperidine rings is 1. The maximum absolute atomic E-state index is 11.3. The van der Waals surface area contributed by atoms with Crippen LogP contribution in [0.25, 0.3) is 10.9 Å². The van der Waals surface area contributed by atoms with E-state index in [1.165, 1.54) is 0 Å². The van der Waals surface area contributed by atoms with Crippen molar-refractivity contribution >= 4 is 28.6 Å². The number of carboxylic acids is 1. The Hall–Kier alpha value is -2.97. The Morgan fingerprint density at radius 3 is 2.23 bits per heavy atom. The second-order valence-corrected chi connectivity index (χ2v) is 7.16. The third kappa shape index (κ3) is 3.88. The molecule has 1 aromatic heterocycles. The summed E-state index contributed by atoms with van der Waals surface area (Å²) >= 11 is 0. The molecule has 1 aliphatic rings. The highest BCUT2D eigenvalue weighted by molar-refractivity contribution is 5.98. The molecule has 0 spiro atoms. The van der Waals surface area contributed by atoms with Crippen LogP contribution in [0.2, 0.25) is 0 Å². The normalized spacial score (nSPS) is 14.6. The number of hydrogen-bond donors (Lipinski definition) is 1. The number of anilines is 2. The quantitative estimate of drug-likeness (QED) is 0.694. The van der Waals surface area contributed by atoms with Crippen molar-refractivity contribution in [1.29, 1.82) is 0 Å². The summed E-state index contributed by atoms with van der Waals surface area (Å²) in [5.41, 5.74) is 0.641. The van der Waals surface area contributed by atoms with Crippen molar-refractivity contribution < 1.29 is 24.1 Å². The number of ether oxygens (including phenoxy) is 3. The fourth-order valence-corrected chi connectivity index (χ4v) is 3.93. The molecule has 1 fully saturated rings. The molecule has 1 saturated heterocycles. The summed E-state index contributed by atoms with van der Waals surface area (Å²) < 4.78 is 16.7. The first-order chi connectivity index (χ1) is 14.5. The van der Waals surface area contributed by atoms with Crippen molar-refractivity contribution in [1.82, 2.24) is 9.97 Å². The lowest BCUT2D eigenvalue weighted by Crippen LogP contribution is -2.37. The third-order valence-electron chi connectivity index (χ3n) is 5.65. The van der Waals surface area contributed by atoms with Crippen LogP contribution in [-0.4, -0.2) is 68.6 Å². The molecule has 2 heterocycles. The van der Waals surface area contributed by atoms with Crippen LogP contribution in [0.15, 0.2) is 6.07 Å². The highest BCUT2D eigenvalue weighted by Crippen LogP contribution is 2.45. The molecule has 9 heteroatoms. The molecule has 2 aromatic rings. The van der Waals surface area contributed by atoms with Crippen molar-refractivity contribution in [3.8, 4) is 17.2 Å². The summed E-state index contributed by atoms with van der Waals surface area (Å²) in [6.07, 6.45) is 1.14. The number of hydrogen-bond acceptors (Lipinski definition) is 8. The molecule has 0 aliphatic carbocycles. The number of carboxylic acid groups (broad SMARTS) is 1. The molecule has 1 aliphatic heterocycles. The van der Waals surface area contributed by atoms with Gasteiger partial charge in [-0.15, -0.1) is 0 Å². The highest BCUT2D eigenvalue weighted by atomic mass is 16.5. The van der Waals surface area contributed by atoms with Crippen LogP contribution < -0.4 is 24.0 Å². The Morgan fingerprint density at radius 1 is 1.10 bits per heavy atom. The van der Waals surface area contributed by atoms with E-state index in [1.807, 2.05) is 11.0 Å². The fraction of sp³-hybridized carbons (Fsp3) is 0.571. The van der Waals surface area contributed by atoms with Crippen LogP contribution in [0.1, 0.15) is 26.7 Å². The first-order valence-corrected chi connectivity index (χ1v) is 10.2. The Morgan fingerprint density at radius 2 is 1.73 bits per heavy atom. The molecular formula is C21H30N4O5. The predicted molar refractivity (Wildman–Crippen MR) is 115 cm³/mol. The van der Waals surface area contributed by atoms with E-state index in [4.69, 9.17) is 24.2 Å². The van der Waals surface area contributed by atoms with Gasteiger partial charge in [0.1, 0.15) is 11.3 Å². The van der Waals surface area contributed by atoms with Gasteiger partial charge in [-0.2, -0.15) is 4.98 Å². The average molecular weight is 418 g/mol. The molecule has 3 rings (SSSR count). The number of rotatable bonds is 8. The molecule has 30 heavy (non-hydrogen) atoms. The van der Waals surface area contributed by atoms with Crippen molar-refractivity contribution in [2.45, 2.75) is 26.7 Å². The number of fused-ring (bicyclic) bond motifs is 1. The van der Waals surface area contributed by atoms with Crippen molar-refractivity contribution in [2.75, 3.05) is 57.3 Å². The molecule has 0 saturated carbocycles.